The zero-order valence-corrected chi connectivity index (χ0v) is 13.4. The lowest BCUT2D eigenvalue weighted by molar-refractivity contribution is -0.138. The van der Waals surface area contributed by atoms with Gasteiger partial charge in [0.25, 0.3) is 0 Å². The first-order chi connectivity index (χ1) is 11.6. The number of benzene rings is 2. The molecule has 0 spiro atoms. The number of aromatic nitrogens is 3. The molecule has 0 radical (unpaired) electrons. The summed E-state index contributed by atoms with van der Waals surface area (Å²) in [4.78, 5) is 11.3. The van der Waals surface area contributed by atoms with Gasteiger partial charge in [0.2, 0.25) is 0 Å². The van der Waals surface area contributed by atoms with Crippen molar-refractivity contribution in [3.8, 4) is 5.75 Å². The Balaban J connectivity index is 0.000000194. The summed E-state index contributed by atoms with van der Waals surface area (Å²) in [6, 6.07) is 14.6. The van der Waals surface area contributed by atoms with Crippen molar-refractivity contribution in [1.29, 1.82) is 0 Å². The summed E-state index contributed by atoms with van der Waals surface area (Å²) in [6.45, 7) is 5.70. The van der Waals surface area contributed by atoms with Gasteiger partial charge in [0, 0.05) is 12.0 Å². The van der Waals surface area contributed by atoms with Crippen molar-refractivity contribution in [2.24, 2.45) is 0 Å². The minimum Gasteiger partial charge on any atom is -0.508 e. The number of para-hydroxylation sites is 3. The molecular formula is C18H19N3O3. The standard InChI is InChI=1S/C12H14O3.C6H5N3/c1-3-15-12(14)9(2)8-10-6-4-5-7-11(10)13;1-2-4-6-5(3-1)7-9-8-6/h4-7,13H,2-3,8H2,1H3;1-4H,(H,7,8,9). The third-order valence-corrected chi connectivity index (χ3v) is 3.18. The number of carbonyl (C=O) groups excluding carboxylic acids is 1. The molecule has 0 atom stereocenters. The number of hydrogen-bond acceptors (Lipinski definition) is 5. The molecule has 0 unspecified atom stereocenters. The fraction of sp³-hybridized carbons (Fsp3) is 0.167. The first kappa shape index (κ1) is 17.2. The molecule has 0 aliphatic rings. The summed E-state index contributed by atoms with van der Waals surface area (Å²) >= 11 is 0. The number of hydrogen-bond donors (Lipinski definition) is 2. The predicted octanol–water partition coefficient (Wildman–Crippen LogP) is 3.01. The van der Waals surface area contributed by atoms with Crippen LogP contribution in [0.5, 0.6) is 5.75 Å². The van der Waals surface area contributed by atoms with Gasteiger partial charge in [0.15, 0.2) is 0 Å². The molecule has 24 heavy (non-hydrogen) atoms. The van der Waals surface area contributed by atoms with E-state index in [2.05, 4.69) is 22.0 Å². The van der Waals surface area contributed by atoms with Gasteiger partial charge in [-0.05, 0) is 30.7 Å². The van der Waals surface area contributed by atoms with Crippen LogP contribution in [0.2, 0.25) is 0 Å². The highest BCUT2D eigenvalue weighted by Crippen LogP contribution is 2.19. The van der Waals surface area contributed by atoms with Gasteiger partial charge in [-0.1, -0.05) is 36.9 Å². The van der Waals surface area contributed by atoms with Gasteiger partial charge in [-0.25, -0.2) is 4.79 Å². The Bertz CT molecular complexity index is 797. The highest BCUT2D eigenvalue weighted by molar-refractivity contribution is 5.88. The van der Waals surface area contributed by atoms with Crippen molar-refractivity contribution >= 4 is 17.0 Å². The van der Waals surface area contributed by atoms with E-state index in [9.17, 15) is 9.90 Å². The van der Waals surface area contributed by atoms with Crippen molar-refractivity contribution in [3.63, 3.8) is 0 Å². The van der Waals surface area contributed by atoms with Gasteiger partial charge in [0.1, 0.15) is 16.8 Å². The maximum absolute atomic E-state index is 11.3. The van der Waals surface area contributed by atoms with Gasteiger partial charge in [-0.15, -0.1) is 0 Å². The second-order valence-electron chi connectivity index (χ2n) is 4.94. The average Bonchev–Trinajstić information content (AvgIpc) is 3.06. The van der Waals surface area contributed by atoms with Gasteiger partial charge < -0.3 is 9.84 Å². The van der Waals surface area contributed by atoms with E-state index < -0.39 is 5.97 Å². The lowest BCUT2D eigenvalue weighted by Gasteiger charge is -2.06. The van der Waals surface area contributed by atoms with Crippen molar-refractivity contribution < 1.29 is 14.6 Å². The summed E-state index contributed by atoms with van der Waals surface area (Å²) in [5, 5.41) is 19.8. The number of nitrogens with zero attached hydrogens (tertiary/aromatic N) is 2. The molecule has 0 saturated heterocycles. The number of aromatic amines is 1. The summed E-state index contributed by atoms with van der Waals surface area (Å²) < 4.78 is 4.80. The van der Waals surface area contributed by atoms with Crippen LogP contribution in [0.15, 0.2) is 60.7 Å². The van der Waals surface area contributed by atoms with Crippen LogP contribution in [0.25, 0.3) is 11.0 Å². The Morgan fingerprint density at radius 3 is 2.29 bits per heavy atom. The lowest BCUT2D eigenvalue weighted by atomic mass is 10.1. The van der Waals surface area contributed by atoms with E-state index in [0.717, 1.165) is 11.0 Å². The minimum atomic E-state index is -0.416. The molecular weight excluding hydrogens is 306 g/mol. The second-order valence-corrected chi connectivity index (χ2v) is 4.94. The Labute approximate surface area is 139 Å². The number of nitrogens with one attached hydrogen (secondary N) is 1. The first-order valence-electron chi connectivity index (χ1n) is 7.49. The summed E-state index contributed by atoms with van der Waals surface area (Å²) in [5.41, 5.74) is 2.85. The molecule has 2 N–H and O–H groups in total. The SMILES string of the molecule is C=C(Cc1ccccc1O)C(=O)OCC.c1ccc2n[nH]nc2c1. The predicted molar refractivity (Wildman–Crippen MR) is 91.5 cm³/mol. The molecule has 6 nitrogen and oxygen atoms in total. The lowest BCUT2D eigenvalue weighted by Crippen LogP contribution is -2.08. The molecule has 124 valence electrons. The molecule has 3 rings (SSSR count). The van der Waals surface area contributed by atoms with Crippen LogP contribution in [0.1, 0.15) is 12.5 Å². The molecule has 0 aliphatic carbocycles. The number of fused-ring (bicyclic) bond motifs is 1. The van der Waals surface area contributed by atoms with Crippen molar-refractivity contribution in [2.75, 3.05) is 6.61 Å². The van der Waals surface area contributed by atoms with Crippen LogP contribution in [-0.4, -0.2) is 33.1 Å². The molecule has 0 bridgehead atoms. The van der Waals surface area contributed by atoms with E-state index in [1.165, 1.54) is 0 Å². The van der Waals surface area contributed by atoms with E-state index in [0.29, 0.717) is 24.2 Å². The zero-order valence-electron chi connectivity index (χ0n) is 13.4. The Morgan fingerprint density at radius 1 is 1.12 bits per heavy atom. The van der Waals surface area contributed by atoms with Crippen LogP contribution in [0.3, 0.4) is 0 Å². The summed E-state index contributed by atoms with van der Waals surface area (Å²) in [5.74, 6) is -0.247. The quantitative estimate of drug-likeness (QED) is 0.568. The van der Waals surface area contributed by atoms with Crippen LogP contribution in [-0.2, 0) is 16.0 Å². The van der Waals surface area contributed by atoms with Crippen LogP contribution >= 0.6 is 0 Å². The molecule has 0 fully saturated rings. The van der Waals surface area contributed by atoms with Gasteiger partial charge in [-0.2, -0.15) is 15.4 Å². The number of rotatable bonds is 4. The molecule has 0 saturated carbocycles. The Hall–Kier alpha value is -3.15. The molecule has 2 aromatic carbocycles. The highest BCUT2D eigenvalue weighted by Gasteiger charge is 2.10. The number of ether oxygens (including phenoxy) is 1. The van der Waals surface area contributed by atoms with E-state index in [1.54, 1.807) is 31.2 Å². The molecule has 6 heteroatoms. The molecule has 3 aromatic rings. The molecule has 0 aliphatic heterocycles. The molecule has 1 aromatic heterocycles. The maximum Gasteiger partial charge on any atom is 0.333 e. The minimum absolute atomic E-state index is 0.169. The largest absolute Gasteiger partial charge is 0.508 e. The van der Waals surface area contributed by atoms with E-state index >= 15 is 0 Å². The van der Waals surface area contributed by atoms with E-state index in [-0.39, 0.29) is 5.75 Å². The normalized spacial score (nSPS) is 9.88. The number of esters is 1. The van der Waals surface area contributed by atoms with Gasteiger partial charge in [0.05, 0.1) is 6.61 Å². The monoisotopic (exact) mass is 325 g/mol. The number of H-pyrrole nitrogens is 1. The highest BCUT2D eigenvalue weighted by atomic mass is 16.5. The Kier molecular flexibility index (Phi) is 6.08. The number of phenolic OH excluding ortho intramolecular Hbond substituents is 1. The average molecular weight is 325 g/mol. The number of aromatic hydroxyl groups is 1. The summed E-state index contributed by atoms with van der Waals surface area (Å²) in [6.07, 6.45) is 0.311. The third kappa shape index (κ3) is 4.67. The van der Waals surface area contributed by atoms with Crippen LogP contribution in [0.4, 0.5) is 0 Å². The molecule has 0 amide bonds. The number of carbonyl (C=O) groups is 1. The fourth-order valence-electron chi connectivity index (χ4n) is 1.98. The van der Waals surface area contributed by atoms with Crippen LogP contribution in [0, 0.1) is 0 Å². The Morgan fingerprint density at radius 2 is 1.71 bits per heavy atom. The molecule has 1 heterocycles. The first-order valence-corrected chi connectivity index (χ1v) is 7.49. The van der Waals surface area contributed by atoms with Crippen LogP contribution < -0.4 is 0 Å². The maximum atomic E-state index is 11.3. The fourth-order valence-corrected chi connectivity index (χ4v) is 1.98. The van der Waals surface area contributed by atoms with Crippen molar-refractivity contribution in [3.05, 3.63) is 66.2 Å². The zero-order chi connectivity index (χ0) is 17.4. The summed E-state index contributed by atoms with van der Waals surface area (Å²) in [7, 11) is 0. The van der Waals surface area contributed by atoms with E-state index in [4.69, 9.17) is 4.74 Å². The second kappa shape index (κ2) is 8.47. The van der Waals surface area contributed by atoms with Gasteiger partial charge in [-0.3, -0.25) is 0 Å². The topological polar surface area (TPSA) is 88.1 Å². The van der Waals surface area contributed by atoms with Gasteiger partial charge >= 0.3 is 5.97 Å². The third-order valence-electron chi connectivity index (χ3n) is 3.18. The smallest absolute Gasteiger partial charge is 0.333 e. The van der Waals surface area contributed by atoms with E-state index in [1.807, 2.05) is 24.3 Å². The van der Waals surface area contributed by atoms with Crippen molar-refractivity contribution in [1.82, 2.24) is 15.4 Å². The van der Waals surface area contributed by atoms with Crippen molar-refractivity contribution in [2.45, 2.75) is 13.3 Å². The number of phenols is 1.